The van der Waals surface area contributed by atoms with Gasteiger partial charge in [-0.25, -0.2) is 4.79 Å². The molecule has 1 heterocycles. The molecule has 0 aromatic heterocycles. The molecule has 98 valence electrons. The quantitative estimate of drug-likeness (QED) is 0.888. The number of nitrogens with zero attached hydrogens (tertiary/aromatic N) is 1. The van der Waals surface area contributed by atoms with Gasteiger partial charge in [-0.2, -0.15) is 0 Å². The predicted molar refractivity (Wildman–Crippen MR) is 70.7 cm³/mol. The molecule has 0 aliphatic carbocycles. The third kappa shape index (κ3) is 3.23. The minimum absolute atomic E-state index is 0.239. The van der Waals surface area contributed by atoms with Crippen molar-refractivity contribution in [1.29, 1.82) is 0 Å². The van der Waals surface area contributed by atoms with Crippen molar-refractivity contribution in [2.75, 3.05) is 19.6 Å². The number of carbonyl (C=O) groups is 1. The molecule has 1 aromatic carbocycles. The average Bonchev–Trinajstić information content (AvgIpc) is 2.90. The summed E-state index contributed by atoms with van der Waals surface area (Å²) in [6, 6.07) is 9.50. The summed E-state index contributed by atoms with van der Waals surface area (Å²) in [7, 11) is 0. The number of ether oxygens (including phenoxy) is 1. The molecule has 4 heteroatoms. The van der Waals surface area contributed by atoms with Crippen LogP contribution in [0.4, 0.5) is 4.79 Å². The van der Waals surface area contributed by atoms with Crippen molar-refractivity contribution in [3.8, 4) is 5.75 Å². The number of hydrogen-bond acceptors (Lipinski definition) is 3. The summed E-state index contributed by atoms with van der Waals surface area (Å²) < 4.78 is 5.40. The zero-order chi connectivity index (χ0) is 12.8. The van der Waals surface area contributed by atoms with E-state index in [-0.39, 0.29) is 12.1 Å². The molecule has 1 N–H and O–H groups in total. The van der Waals surface area contributed by atoms with Gasteiger partial charge >= 0.3 is 6.09 Å². The first-order valence-corrected chi connectivity index (χ1v) is 6.55. The fourth-order valence-electron chi connectivity index (χ4n) is 2.22. The Bertz CT molecular complexity index is 375. The SMILES string of the molecule is CCCN(C(=O)Oc1ccccc1)C1CCNC1. The number of amides is 1. The minimum atomic E-state index is -0.239. The molecule has 0 spiro atoms. The van der Waals surface area contributed by atoms with Crippen molar-refractivity contribution in [3.63, 3.8) is 0 Å². The Balaban J connectivity index is 1.99. The molecule has 2 rings (SSSR count). The molecule has 1 amide bonds. The van der Waals surface area contributed by atoms with E-state index in [1.807, 2.05) is 23.1 Å². The van der Waals surface area contributed by atoms with E-state index in [1.54, 1.807) is 12.1 Å². The Kier molecular flexibility index (Phi) is 4.59. The van der Waals surface area contributed by atoms with Crippen LogP contribution in [0.2, 0.25) is 0 Å². The van der Waals surface area contributed by atoms with Crippen molar-refractivity contribution >= 4 is 6.09 Å². The first kappa shape index (κ1) is 12.9. The Morgan fingerprint density at radius 1 is 1.44 bits per heavy atom. The summed E-state index contributed by atoms with van der Waals surface area (Å²) in [6.45, 7) is 4.66. The summed E-state index contributed by atoms with van der Waals surface area (Å²) >= 11 is 0. The monoisotopic (exact) mass is 248 g/mol. The molecule has 0 saturated carbocycles. The molecule has 1 aliphatic rings. The highest BCUT2D eigenvalue weighted by atomic mass is 16.6. The highest BCUT2D eigenvalue weighted by Gasteiger charge is 2.27. The minimum Gasteiger partial charge on any atom is -0.410 e. The molecule has 18 heavy (non-hydrogen) atoms. The van der Waals surface area contributed by atoms with Gasteiger partial charge in [0.1, 0.15) is 5.75 Å². The van der Waals surface area contributed by atoms with Crippen molar-refractivity contribution in [2.45, 2.75) is 25.8 Å². The number of hydrogen-bond donors (Lipinski definition) is 1. The highest BCUT2D eigenvalue weighted by molar-refractivity contribution is 5.71. The van der Waals surface area contributed by atoms with Gasteiger partial charge in [-0.15, -0.1) is 0 Å². The van der Waals surface area contributed by atoms with Crippen LogP contribution in [-0.2, 0) is 0 Å². The molecule has 1 aromatic rings. The van der Waals surface area contributed by atoms with Crippen LogP contribution in [0.25, 0.3) is 0 Å². The van der Waals surface area contributed by atoms with Crippen molar-refractivity contribution in [3.05, 3.63) is 30.3 Å². The Labute approximate surface area is 108 Å². The van der Waals surface area contributed by atoms with E-state index in [0.29, 0.717) is 5.75 Å². The van der Waals surface area contributed by atoms with E-state index < -0.39 is 0 Å². The summed E-state index contributed by atoms with van der Waals surface area (Å²) in [6.07, 6.45) is 1.71. The lowest BCUT2D eigenvalue weighted by atomic mass is 10.2. The smallest absolute Gasteiger partial charge is 0.410 e. The van der Waals surface area contributed by atoms with Crippen LogP contribution < -0.4 is 10.1 Å². The molecule has 0 bridgehead atoms. The number of benzene rings is 1. The Morgan fingerprint density at radius 2 is 2.22 bits per heavy atom. The lowest BCUT2D eigenvalue weighted by molar-refractivity contribution is 0.135. The lowest BCUT2D eigenvalue weighted by Gasteiger charge is -2.27. The summed E-state index contributed by atoms with van der Waals surface area (Å²) in [4.78, 5) is 14.0. The maximum Gasteiger partial charge on any atom is 0.415 e. The molecule has 1 aliphatic heterocycles. The molecular weight excluding hydrogens is 228 g/mol. The van der Waals surface area contributed by atoms with E-state index in [1.165, 1.54) is 0 Å². The number of nitrogens with one attached hydrogen (secondary N) is 1. The second-order valence-corrected chi connectivity index (χ2v) is 4.52. The number of rotatable bonds is 4. The van der Waals surface area contributed by atoms with Crippen molar-refractivity contribution in [2.24, 2.45) is 0 Å². The van der Waals surface area contributed by atoms with E-state index in [0.717, 1.165) is 32.5 Å². The standard InChI is InChI=1S/C14H20N2O2/c1-2-10-16(12-8-9-15-11-12)14(17)18-13-6-4-3-5-7-13/h3-7,12,15H,2,8-11H2,1H3. The number of carbonyl (C=O) groups excluding carboxylic acids is 1. The third-order valence-corrected chi connectivity index (χ3v) is 3.12. The van der Waals surface area contributed by atoms with E-state index in [2.05, 4.69) is 12.2 Å². The second kappa shape index (κ2) is 6.40. The fraction of sp³-hybridized carbons (Fsp3) is 0.500. The zero-order valence-electron chi connectivity index (χ0n) is 10.8. The molecule has 0 radical (unpaired) electrons. The zero-order valence-corrected chi connectivity index (χ0v) is 10.8. The maximum atomic E-state index is 12.2. The van der Waals surface area contributed by atoms with Gasteiger partial charge in [0, 0.05) is 19.1 Å². The highest BCUT2D eigenvalue weighted by Crippen LogP contribution is 2.14. The predicted octanol–water partition coefficient (Wildman–Crippen LogP) is 2.26. The summed E-state index contributed by atoms with van der Waals surface area (Å²) in [5.41, 5.74) is 0. The Hall–Kier alpha value is -1.55. The topological polar surface area (TPSA) is 41.6 Å². The first-order chi connectivity index (χ1) is 8.81. The third-order valence-electron chi connectivity index (χ3n) is 3.12. The maximum absolute atomic E-state index is 12.2. The first-order valence-electron chi connectivity index (χ1n) is 6.55. The van der Waals surface area contributed by atoms with Crippen LogP contribution in [0.5, 0.6) is 5.75 Å². The van der Waals surface area contributed by atoms with Crippen LogP contribution in [-0.4, -0.2) is 36.7 Å². The fourth-order valence-corrected chi connectivity index (χ4v) is 2.22. The molecule has 1 atom stereocenters. The van der Waals surface area contributed by atoms with Gasteiger partial charge in [-0.3, -0.25) is 0 Å². The van der Waals surface area contributed by atoms with E-state index in [4.69, 9.17) is 4.74 Å². The lowest BCUT2D eigenvalue weighted by Crippen LogP contribution is -2.43. The van der Waals surface area contributed by atoms with Crippen LogP contribution in [0.15, 0.2) is 30.3 Å². The normalized spacial score (nSPS) is 18.6. The summed E-state index contributed by atoms with van der Waals surface area (Å²) in [5, 5.41) is 3.28. The van der Waals surface area contributed by atoms with Gasteiger partial charge in [0.2, 0.25) is 0 Å². The Morgan fingerprint density at radius 3 is 2.83 bits per heavy atom. The largest absolute Gasteiger partial charge is 0.415 e. The van der Waals surface area contributed by atoms with Gasteiger partial charge < -0.3 is 15.0 Å². The van der Waals surface area contributed by atoms with Crippen LogP contribution in [0.1, 0.15) is 19.8 Å². The molecule has 4 nitrogen and oxygen atoms in total. The van der Waals surface area contributed by atoms with Gasteiger partial charge in [0.25, 0.3) is 0 Å². The van der Waals surface area contributed by atoms with Gasteiger partial charge in [0.15, 0.2) is 0 Å². The van der Waals surface area contributed by atoms with Crippen LogP contribution in [0, 0.1) is 0 Å². The van der Waals surface area contributed by atoms with E-state index >= 15 is 0 Å². The molecular formula is C14H20N2O2. The van der Waals surface area contributed by atoms with Crippen molar-refractivity contribution in [1.82, 2.24) is 10.2 Å². The second-order valence-electron chi connectivity index (χ2n) is 4.52. The van der Waals surface area contributed by atoms with Gasteiger partial charge in [0.05, 0.1) is 0 Å². The summed E-state index contributed by atoms with van der Waals surface area (Å²) in [5.74, 6) is 0.606. The average molecular weight is 248 g/mol. The van der Waals surface area contributed by atoms with Gasteiger partial charge in [-0.1, -0.05) is 25.1 Å². The number of para-hydroxylation sites is 1. The molecule has 1 unspecified atom stereocenters. The van der Waals surface area contributed by atoms with Crippen molar-refractivity contribution < 1.29 is 9.53 Å². The van der Waals surface area contributed by atoms with Crippen LogP contribution >= 0.6 is 0 Å². The molecule has 1 fully saturated rings. The molecule has 1 saturated heterocycles. The van der Waals surface area contributed by atoms with Crippen LogP contribution in [0.3, 0.4) is 0 Å². The van der Waals surface area contributed by atoms with Gasteiger partial charge in [-0.05, 0) is 31.5 Å². The van der Waals surface area contributed by atoms with E-state index in [9.17, 15) is 4.79 Å².